The van der Waals surface area contributed by atoms with Gasteiger partial charge in [0, 0.05) is 11.3 Å². The highest BCUT2D eigenvalue weighted by Crippen LogP contribution is 2.13. The van der Waals surface area contributed by atoms with Crippen molar-refractivity contribution in [3.05, 3.63) is 96.1 Å². The Balaban J connectivity index is 1.51. The molecule has 0 unspecified atom stereocenters. The van der Waals surface area contributed by atoms with Crippen LogP contribution in [0.5, 0.6) is 5.75 Å². The second-order valence-electron chi connectivity index (χ2n) is 6.23. The van der Waals surface area contributed by atoms with Crippen molar-refractivity contribution < 1.29 is 14.3 Å². The molecule has 0 saturated carbocycles. The van der Waals surface area contributed by atoms with Crippen LogP contribution in [0.1, 0.15) is 22.8 Å². The van der Waals surface area contributed by atoms with E-state index < -0.39 is 0 Å². The number of rotatable bonds is 7. The van der Waals surface area contributed by atoms with Crippen molar-refractivity contribution in [2.45, 2.75) is 6.92 Å². The first-order valence-electron chi connectivity index (χ1n) is 9.09. The Kier molecular flexibility index (Phi) is 6.73. The molecule has 0 aromatic heterocycles. The molecule has 2 amide bonds. The number of anilines is 1. The number of amides is 2. The maximum atomic E-state index is 12.0. The molecule has 0 aliphatic rings. The zero-order valence-electron chi connectivity index (χ0n) is 16.0. The molecule has 6 heteroatoms. The fraction of sp³-hybridized carbons (Fsp3) is 0.0870. The molecule has 3 aromatic rings. The largest absolute Gasteiger partial charge is 0.484 e. The topological polar surface area (TPSA) is 79.8 Å². The molecular weight excluding hydrogens is 366 g/mol. The molecule has 0 aliphatic heterocycles. The van der Waals surface area contributed by atoms with Gasteiger partial charge in [0.25, 0.3) is 11.8 Å². The van der Waals surface area contributed by atoms with Gasteiger partial charge in [0.1, 0.15) is 5.75 Å². The summed E-state index contributed by atoms with van der Waals surface area (Å²) >= 11 is 0. The molecule has 3 rings (SSSR count). The van der Waals surface area contributed by atoms with Gasteiger partial charge in [-0.05, 0) is 61.0 Å². The Hall–Kier alpha value is -3.93. The first-order valence-corrected chi connectivity index (χ1v) is 9.09. The summed E-state index contributed by atoms with van der Waals surface area (Å²) in [6.45, 7) is 1.71. The van der Waals surface area contributed by atoms with Gasteiger partial charge < -0.3 is 10.1 Å². The molecule has 2 N–H and O–H groups in total. The number of carbonyl (C=O) groups is 2. The third-order valence-electron chi connectivity index (χ3n) is 4.06. The van der Waals surface area contributed by atoms with E-state index in [1.54, 1.807) is 43.3 Å². The van der Waals surface area contributed by atoms with Crippen LogP contribution in [0.4, 0.5) is 5.69 Å². The Morgan fingerprint density at radius 1 is 0.828 bits per heavy atom. The van der Waals surface area contributed by atoms with E-state index in [4.69, 9.17) is 4.74 Å². The van der Waals surface area contributed by atoms with Crippen LogP contribution in [0.25, 0.3) is 0 Å². The van der Waals surface area contributed by atoms with Gasteiger partial charge in [0.15, 0.2) is 6.61 Å². The minimum atomic E-state index is -0.269. The van der Waals surface area contributed by atoms with Crippen molar-refractivity contribution >= 4 is 23.2 Å². The van der Waals surface area contributed by atoms with Gasteiger partial charge in [0.2, 0.25) is 0 Å². The van der Waals surface area contributed by atoms with Crippen LogP contribution in [0.3, 0.4) is 0 Å². The monoisotopic (exact) mass is 387 g/mol. The van der Waals surface area contributed by atoms with Crippen LogP contribution in [0, 0.1) is 0 Å². The number of nitrogens with one attached hydrogen (secondary N) is 2. The molecule has 6 nitrogen and oxygen atoms in total. The average Bonchev–Trinajstić information content (AvgIpc) is 2.77. The van der Waals surface area contributed by atoms with Gasteiger partial charge in [-0.25, -0.2) is 5.43 Å². The fourth-order valence-corrected chi connectivity index (χ4v) is 2.51. The number of hydrogen-bond acceptors (Lipinski definition) is 4. The lowest BCUT2D eigenvalue weighted by Gasteiger charge is -2.08. The first-order chi connectivity index (χ1) is 14.1. The van der Waals surface area contributed by atoms with E-state index in [9.17, 15) is 9.59 Å². The standard InChI is InChI=1S/C23H21N3O3/c1-17(25-26-23(28)19-8-4-2-5-9-19)18-12-14-21(15-13-18)29-16-22(27)24-20-10-6-3-7-11-20/h2-15H,16H2,1H3,(H,24,27)(H,26,28)/b25-17-. The van der Waals surface area contributed by atoms with Crippen LogP contribution in [-0.4, -0.2) is 24.1 Å². The van der Waals surface area contributed by atoms with Gasteiger partial charge >= 0.3 is 0 Å². The van der Waals surface area contributed by atoms with E-state index in [2.05, 4.69) is 15.8 Å². The second kappa shape index (κ2) is 9.85. The number of benzene rings is 3. The first kappa shape index (κ1) is 19.8. The van der Waals surface area contributed by atoms with Crippen LogP contribution in [0.2, 0.25) is 0 Å². The average molecular weight is 387 g/mol. The van der Waals surface area contributed by atoms with Crippen molar-refractivity contribution in [2.24, 2.45) is 5.10 Å². The minimum absolute atomic E-state index is 0.0888. The van der Waals surface area contributed by atoms with Crippen molar-refractivity contribution in [3.63, 3.8) is 0 Å². The summed E-state index contributed by atoms with van der Waals surface area (Å²) in [6, 6.07) is 25.2. The summed E-state index contributed by atoms with van der Waals surface area (Å²) in [7, 11) is 0. The maximum absolute atomic E-state index is 12.0. The molecule has 0 radical (unpaired) electrons. The molecule has 29 heavy (non-hydrogen) atoms. The Morgan fingerprint density at radius 3 is 2.10 bits per heavy atom. The molecule has 3 aromatic carbocycles. The molecule has 0 aliphatic carbocycles. The lowest BCUT2D eigenvalue weighted by atomic mass is 10.1. The van der Waals surface area contributed by atoms with Crippen LogP contribution in [-0.2, 0) is 4.79 Å². The third kappa shape index (κ3) is 6.04. The number of hydrazone groups is 1. The number of hydrogen-bond donors (Lipinski definition) is 2. The zero-order chi connectivity index (χ0) is 20.5. The molecule has 0 atom stereocenters. The van der Waals surface area contributed by atoms with E-state index in [0.717, 1.165) is 11.3 Å². The highest BCUT2D eigenvalue weighted by atomic mass is 16.5. The van der Waals surface area contributed by atoms with E-state index in [0.29, 0.717) is 17.0 Å². The minimum Gasteiger partial charge on any atom is -0.484 e. The van der Waals surface area contributed by atoms with Gasteiger partial charge in [-0.15, -0.1) is 0 Å². The summed E-state index contributed by atoms with van der Waals surface area (Å²) in [4.78, 5) is 24.0. The molecule has 0 saturated heterocycles. The van der Waals surface area contributed by atoms with Crippen LogP contribution >= 0.6 is 0 Å². The quantitative estimate of drug-likeness (QED) is 0.477. The van der Waals surface area contributed by atoms with Crippen LogP contribution in [0.15, 0.2) is 90.0 Å². The Bertz CT molecular complexity index is 985. The molecule has 0 spiro atoms. The van der Waals surface area contributed by atoms with E-state index in [-0.39, 0.29) is 18.4 Å². The number of nitrogens with zero attached hydrogens (tertiary/aromatic N) is 1. The highest BCUT2D eigenvalue weighted by molar-refractivity contribution is 6.01. The lowest BCUT2D eigenvalue weighted by Crippen LogP contribution is -2.20. The highest BCUT2D eigenvalue weighted by Gasteiger charge is 2.06. The molecule has 0 heterocycles. The number of carbonyl (C=O) groups excluding carboxylic acids is 2. The molecule has 0 fully saturated rings. The van der Waals surface area contributed by atoms with E-state index in [1.165, 1.54) is 0 Å². The molecule has 0 bridgehead atoms. The summed E-state index contributed by atoms with van der Waals surface area (Å²) in [5.74, 6) is 0.0639. The molecular formula is C23H21N3O3. The lowest BCUT2D eigenvalue weighted by molar-refractivity contribution is -0.118. The Labute approximate surface area is 169 Å². The summed E-state index contributed by atoms with van der Waals surface area (Å²) in [5.41, 5.74) is 5.29. The summed E-state index contributed by atoms with van der Waals surface area (Å²) in [6.07, 6.45) is 0. The van der Waals surface area contributed by atoms with E-state index >= 15 is 0 Å². The third-order valence-corrected chi connectivity index (χ3v) is 4.06. The number of para-hydroxylation sites is 1. The summed E-state index contributed by atoms with van der Waals surface area (Å²) in [5, 5.41) is 6.89. The Morgan fingerprint density at radius 2 is 1.45 bits per heavy atom. The predicted molar refractivity (Wildman–Crippen MR) is 113 cm³/mol. The van der Waals surface area contributed by atoms with Crippen molar-refractivity contribution in [1.29, 1.82) is 0 Å². The zero-order valence-corrected chi connectivity index (χ0v) is 16.0. The second-order valence-corrected chi connectivity index (χ2v) is 6.23. The maximum Gasteiger partial charge on any atom is 0.271 e. The SMILES string of the molecule is C/C(=N/NC(=O)c1ccccc1)c1ccc(OCC(=O)Nc2ccccc2)cc1. The molecule has 146 valence electrons. The van der Waals surface area contributed by atoms with Crippen molar-refractivity contribution in [1.82, 2.24) is 5.43 Å². The van der Waals surface area contributed by atoms with Gasteiger partial charge in [-0.2, -0.15) is 5.10 Å². The smallest absolute Gasteiger partial charge is 0.271 e. The van der Waals surface area contributed by atoms with Gasteiger partial charge in [-0.1, -0.05) is 36.4 Å². The number of ether oxygens (including phenoxy) is 1. The van der Waals surface area contributed by atoms with E-state index in [1.807, 2.05) is 48.5 Å². The van der Waals surface area contributed by atoms with Gasteiger partial charge in [-0.3, -0.25) is 9.59 Å². The normalized spacial score (nSPS) is 10.9. The van der Waals surface area contributed by atoms with Crippen LogP contribution < -0.4 is 15.5 Å². The van der Waals surface area contributed by atoms with Gasteiger partial charge in [0.05, 0.1) is 5.71 Å². The van der Waals surface area contributed by atoms with Crippen molar-refractivity contribution in [2.75, 3.05) is 11.9 Å². The predicted octanol–water partition coefficient (Wildman–Crippen LogP) is 3.86. The fourth-order valence-electron chi connectivity index (χ4n) is 2.51. The van der Waals surface area contributed by atoms with Crippen molar-refractivity contribution in [3.8, 4) is 5.75 Å². The summed E-state index contributed by atoms with van der Waals surface area (Å²) < 4.78 is 5.51.